The number of urea groups is 1. The van der Waals surface area contributed by atoms with Crippen molar-refractivity contribution < 1.29 is 9.59 Å². The molecule has 1 atom stereocenters. The van der Waals surface area contributed by atoms with Crippen LogP contribution >= 0.6 is 11.8 Å². The van der Waals surface area contributed by atoms with Gasteiger partial charge in [-0.15, -0.1) is 11.8 Å². The molecule has 2 heterocycles. The Hall–Kier alpha value is -2.01. The van der Waals surface area contributed by atoms with Crippen LogP contribution in [-0.2, 0) is 4.79 Å². The minimum atomic E-state index is -0.286. The fraction of sp³-hybridized carbons (Fsp3) is 0.200. The summed E-state index contributed by atoms with van der Waals surface area (Å²) in [7, 11) is 0. The van der Waals surface area contributed by atoms with Crippen molar-refractivity contribution in [3.63, 3.8) is 0 Å². The van der Waals surface area contributed by atoms with Crippen LogP contribution in [0.3, 0.4) is 0 Å². The van der Waals surface area contributed by atoms with Crippen LogP contribution in [0.2, 0.25) is 0 Å². The Labute approximate surface area is 120 Å². The molecule has 4 rings (SSSR count). The summed E-state index contributed by atoms with van der Waals surface area (Å²) in [5.74, 6) is 1.21. The van der Waals surface area contributed by atoms with Gasteiger partial charge in [0.25, 0.3) is 5.91 Å². The topological polar surface area (TPSA) is 40.6 Å². The third-order valence-electron chi connectivity index (χ3n) is 3.83. The van der Waals surface area contributed by atoms with Crippen molar-refractivity contribution in [2.24, 2.45) is 0 Å². The molecule has 2 aliphatic heterocycles. The van der Waals surface area contributed by atoms with E-state index in [1.54, 1.807) is 16.7 Å². The molecule has 4 nitrogen and oxygen atoms in total. The van der Waals surface area contributed by atoms with Crippen LogP contribution < -0.4 is 4.90 Å². The third-order valence-corrected chi connectivity index (χ3v) is 4.84. The van der Waals surface area contributed by atoms with E-state index in [0.717, 1.165) is 10.8 Å². The molecule has 100 valence electrons. The van der Waals surface area contributed by atoms with Crippen LogP contribution in [0.4, 0.5) is 10.5 Å². The standard InChI is InChI=1S/C15H12N2O2S/c18-14-13-8-20-9-16(13)15(19)17(14)12-7-3-5-10-4-1-2-6-11(10)12/h1-7,13H,8-9H2. The Morgan fingerprint density at radius 3 is 2.70 bits per heavy atom. The van der Waals surface area contributed by atoms with Crippen LogP contribution in [0, 0.1) is 0 Å². The molecule has 1 unspecified atom stereocenters. The van der Waals surface area contributed by atoms with E-state index in [4.69, 9.17) is 0 Å². The number of nitrogens with zero attached hydrogens (tertiary/aromatic N) is 2. The summed E-state index contributed by atoms with van der Waals surface area (Å²) >= 11 is 1.63. The van der Waals surface area contributed by atoms with Gasteiger partial charge in [-0.05, 0) is 11.5 Å². The Balaban J connectivity index is 1.88. The van der Waals surface area contributed by atoms with Crippen molar-refractivity contribution in [1.29, 1.82) is 0 Å². The molecular formula is C15H12N2O2S. The van der Waals surface area contributed by atoms with E-state index in [1.807, 2.05) is 42.5 Å². The first kappa shape index (κ1) is 11.8. The number of hydrogen-bond acceptors (Lipinski definition) is 3. The number of hydrogen-bond donors (Lipinski definition) is 0. The Bertz CT molecular complexity index is 703. The number of fused-ring (bicyclic) bond motifs is 2. The summed E-state index contributed by atoms with van der Waals surface area (Å²) in [5.41, 5.74) is 0.692. The highest BCUT2D eigenvalue weighted by Crippen LogP contribution is 2.35. The van der Waals surface area contributed by atoms with E-state index in [2.05, 4.69) is 0 Å². The first-order valence-electron chi connectivity index (χ1n) is 6.47. The van der Waals surface area contributed by atoms with E-state index in [9.17, 15) is 9.59 Å². The maximum Gasteiger partial charge on any atom is 0.332 e. The summed E-state index contributed by atoms with van der Waals surface area (Å²) < 4.78 is 0. The number of anilines is 1. The molecule has 2 aliphatic rings. The molecule has 0 N–H and O–H groups in total. The average Bonchev–Trinajstić information content (AvgIpc) is 3.04. The lowest BCUT2D eigenvalue weighted by Crippen LogP contribution is -2.32. The maximum absolute atomic E-state index is 12.5. The minimum absolute atomic E-state index is 0.101. The van der Waals surface area contributed by atoms with Gasteiger partial charge in [-0.25, -0.2) is 9.69 Å². The van der Waals surface area contributed by atoms with Gasteiger partial charge >= 0.3 is 6.03 Å². The van der Waals surface area contributed by atoms with Crippen molar-refractivity contribution in [2.75, 3.05) is 16.5 Å². The second-order valence-electron chi connectivity index (χ2n) is 4.94. The van der Waals surface area contributed by atoms with Crippen molar-refractivity contribution in [2.45, 2.75) is 6.04 Å². The fourth-order valence-electron chi connectivity index (χ4n) is 2.83. The van der Waals surface area contributed by atoms with E-state index in [1.165, 1.54) is 4.90 Å². The van der Waals surface area contributed by atoms with Crippen molar-refractivity contribution in [1.82, 2.24) is 4.90 Å². The summed E-state index contributed by atoms with van der Waals surface area (Å²) in [6.07, 6.45) is 0. The Morgan fingerprint density at radius 1 is 1.05 bits per heavy atom. The number of imide groups is 1. The molecule has 5 heteroatoms. The molecule has 0 bridgehead atoms. The molecule has 20 heavy (non-hydrogen) atoms. The van der Waals surface area contributed by atoms with Gasteiger partial charge in [0.15, 0.2) is 0 Å². The number of rotatable bonds is 1. The van der Waals surface area contributed by atoms with Gasteiger partial charge < -0.3 is 4.90 Å². The maximum atomic E-state index is 12.5. The van der Waals surface area contributed by atoms with Crippen LogP contribution in [0.1, 0.15) is 0 Å². The molecule has 0 aromatic heterocycles. The lowest BCUT2D eigenvalue weighted by atomic mass is 10.1. The molecular weight excluding hydrogens is 272 g/mol. The zero-order valence-corrected chi connectivity index (χ0v) is 11.5. The number of carbonyl (C=O) groups is 2. The van der Waals surface area contributed by atoms with E-state index in [-0.39, 0.29) is 18.0 Å². The SMILES string of the molecule is O=C1C2CSCN2C(=O)N1c1cccc2ccccc12. The summed E-state index contributed by atoms with van der Waals surface area (Å²) in [6, 6.07) is 13.0. The molecule has 0 aliphatic carbocycles. The quantitative estimate of drug-likeness (QED) is 0.756. The Kier molecular flexibility index (Phi) is 2.50. The minimum Gasteiger partial charge on any atom is -0.302 e. The number of carbonyl (C=O) groups excluding carboxylic acids is 2. The molecule has 2 aromatic carbocycles. The highest BCUT2D eigenvalue weighted by atomic mass is 32.2. The molecule has 0 spiro atoms. The molecule has 0 radical (unpaired) electrons. The predicted octanol–water partition coefficient (Wildman–Crippen LogP) is 2.68. The van der Waals surface area contributed by atoms with Gasteiger partial charge in [-0.3, -0.25) is 4.79 Å². The largest absolute Gasteiger partial charge is 0.332 e. The zero-order valence-electron chi connectivity index (χ0n) is 10.7. The Morgan fingerprint density at radius 2 is 1.85 bits per heavy atom. The molecule has 0 saturated carbocycles. The van der Waals surface area contributed by atoms with Crippen molar-refractivity contribution >= 4 is 40.2 Å². The predicted molar refractivity (Wildman–Crippen MR) is 79.8 cm³/mol. The summed E-state index contributed by atoms with van der Waals surface area (Å²) in [5, 5.41) is 1.97. The second kappa shape index (κ2) is 4.24. The summed E-state index contributed by atoms with van der Waals surface area (Å²) in [4.78, 5) is 28.0. The number of thioether (sulfide) groups is 1. The zero-order chi connectivity index (χ0) is 13.7. The van der Waals surface area contributed by atoms with E-state index in [0.29, 0.717) is 17.3 Å². The normalized spacial score (nSPS) is 21.9. The van der Waals surface area contributed by atoms with Gasteiger partial charge in [-0.2, -0.15) is 0 Å². The van der Waals surface area contributed by atoms with Gasteiger partial charge in [0.05, 0.1) is 11.6 Å². The van der Waals surface area contributed by atoms with Gasteiger partial charge in [-0.1, -0.05) is 36.4 Å². The highest BCUT2D eigenvalue weighted by molar-refractivity contribution is 7.99. The monoisotopic (exact) mass is 284 g/mol. The summed E-state index contributed by atoms with van der Waals surface area (Å²) in [6.45, 7) is 0. The van der Waals surface area contributed by atoms with Crippen molar-refractivity contribution in [3.05, 3.63) is 42.5 Å². The smallest absolute Gasteiger partial charge is 0.302 e. The molecule has 2 fully saturated rings. The van der Waals surface area contributed by atoms with Crippen LogP contribution in [-0.4, -0.2) is 34.5 Å². The molecule has 3 amide bonds. The number of benzene rings is 2. The van der Waals surface area contributed by atoms with E-state index >= 15 is 0 Å². The van der Waals surface area contributed by atoms with Crippen LogP contribution in [0.5, 0.6) is 0 Å². The number of amides is 3. The van der Waals surface area contributed by atoms with Gasteiger partial charge in [0, 0.05) is 11.1 Å². The lowest BCUT2D eigenvalue weighted by Gasteiger charge is -2.17. The first-order valence-corrected chi connectivity index (χ1v) is 7.63. The van der Waals surface area contributed by atoms with Crippen LogP contribution in [0.25, 0.3) is 10.8 Å². The van der Waals surface area contributed by atoms with E-state index < -0.39 is 0 Å². The third kappa shape index (κ3) is 1.50. The highest BCUT2D eigenvalue weighted by Gasteiger charge is 2.48. The average molecular weight is 284 g/mol. The second-order valence-corrected chi connectivity index (χ2v) is 5.94. The fourth-order valence-corrected chi connectivity index (χ4v) is 3.97. The van der Waals surface area contributed by atoms with Gasteiger partial charge in [0.1, 0.15) is 6.04 Å². The van der Waals surface area contributed by atoms with Gasteiger partial charge in [0.2, 0.25) is 0 Å². The first-order chi connectivity index (χ1) is 9.77. The molecule has 2 aromatic rings. The van der Waals surface area contributed by atoms with Crippen molar-refractivity contribution in [3.8, 4) is 0 Å². The lowest BCUT2D eigenvalue weighted by molar-refractivity contribution is -0.118. The van der Waals surface area contributed by atoms with Crippen LogP contribution in [0.15, 0.2) is 42.5 Å². The molecule has 2 saturated heterocycles.